The van der Waals surface area contributed by atoms with Gasteiger partial charge in [-0.2, -0.15) is 0 Å². The second-order valence-electron chi connectivity index (χ2n) is 7.81. The first-order chi connectivity index (χ1) is 14.5. The van der Waals surface area contributed by atoms with Gasteiger partial charge in [0.25, 0.3) is 5.91 Å². The first kappa shape index (κ1) is 21.8. The molecule has 0 saturated carbocycles. The summed E-state index contributed by atoms with van der Waals surface area (Å²) in [7, 11) is 0. The van der Waals surface area contributed by atoms with E-state index in [2.05, 4.69) is 17.1 Å². The fraction of sp³-hybridized carbons (Fsp3) is 0.435. The predicted molar refractivity (Wildman–Crippen MR) is 115 cm³/mol. The molecule has 7 heteroatoms. The quantitative estimate of drug-likeness (QED) is 0.696. The molecule has 160 valence electrons. The van der Waals surface area contributed by atoms with Crippen LogP contribution in [-0.4, -0.2) is 52.1 Å². The van der Waals surface area contributed by atoms with E-state index in [9.17, 15) is 19.5 Å². The molecule has 2 aromatic rings. The van der Waals surface area contributed by atoms with Crippen molar-refractivity contribution < 1.29 is 14.7 Å². The second-order valence-corrected chi connectivity index (χ2v) is 7.81. The molecule has 0 spiro atoms. The number of benzene rings is 1. The van der Waals surface area contributed by atoms with E-state index in [0.717, 1.165) is 44.5 Å². The lowest BCUT2D eigenvalue weighted by atomic mass is 10.0. The fourth-order valence-corrected chi connectivity index (χ4v) is 3.93. The van der Waals surface area contributed by atoms with Crippen molar-refractivity contribution in [1.82, 2.24) is 14.8 Å². The second kappa shape index (κ2) is 10.2. The minimum atomic E-state index is -1.32. The van der Waals surface area contributed by atoms with Gasteiger partial charge in [-0.05, 0) is 44.3 Å². The number of nitrogens with zero attached hydrogens (tertiary/aromatic N) is 2. The van der Waals surface area contributed by atoms with E-state index >= 15 is 0 Å². The molecule has 30 heavy (non-hydrogen) atoms. The van der Waals surface area contributed by atoms with Gasteiger partial charge in [-0.25, -0.2) is 4.79 Å². The Balaban J connectivity index is 1.78. The zero-order valence-corrected chi connectivity index (χ0v) is 17.3. The summed E-state index contributed by atoms with van der Waals surface area (Å²) in [6.07, 6.45) is 6.34. The monoisotopic (exact) mass is 411 g/mol. The zero-order chi connectivity index (χ0) is 21.5. The summed E-state index contributed by atoms with van der Waals surface area (Å²) in [4.78, 5) is 39.4. The number of amides is 1. The van der Waals surface area contributed by atoms with Crippen molar-refractivity contribution in [2.45, 2.75) is 45.2 Å². The molecule has 1 saturated heterocycles. The van der Waals surface area contributed by atoms with E-state index in [1.807, 2.05) is 30.3 Å². The number of hydrogen-bond acceptors (Lipinski definition) is 4. The van der Waals surface area contributed by atoms with Gasteiger partial charge in [0, 0.05) is 31.5 Å². The summed E-state index contributed by atoms with van der Waals surface area (Å²) in [5.74, 6) is -1.82. The molecule has 2 heterocycles. The van der Waals surface area contributed by atoms with Crippen molar-refractivity contribution in [2.24, 2.45) is 0 Å². The molecule has 0 radical (unpaired) electrons. The highest BCUT2D eigenvalue weighted by Crippen LogP contribution is 2.11. The van der Waals surface area contributed by atoms with Crippen molar-refractivity contribution in [2.75, 3.05) is 19.6 Å². The van der Waals surface area contributed by atoms with Crippen LogP contribution in [0.3, 0.4) is 0 Å². The first-order valence-electron chi connectivity index (χ1n) is 10.5. The van der Waals surface area contributed by atoms with Crippen LogP contribution in [0.2, 0.25) is 0 Å². The van der Waals surface area contributed by atoms with Gasteiger partial charge in [-0.15, -0.1) is 0 Å². The number of hydrogen-bond donors (Lipinski definition) is 2. The largest absolute Gasteiger partial charge is 0.477 e. The summed E-state index contributed by atoms with van der Waals surface area (Å²) < 4.78 is 1.62. The van der Waals surface area contributed by atoms with E-state index in [1.54, 1.807) is 4.57 Å². The third-order valence-electron chi connectivity index (χ3n) is 5.44. The minimum Gasteiger partial charge on any atom is -0.477 e. The summed E-state index contributed by atoms with van der Waals surface area (Å²) in [6.45, 7) is 5.34. The number of carbonyl (C=O) groups is 2. The number of piperidine rings is 1. The summed E-state index contributed by atoms with van der Waals surface area (Å²) >= 11 is 0. The Morgan fingerprint density at radius 1 is 1.13 bits per heavy atom. The summed E-state index contributed by atoms with van der Waals surface area (Å²) in [6, 6.07) is 9.74. The number of aromatic carboxylic acids is 1. The van der Waals surface area contributed by atoms with E-state index < -0.39 is 17.3 Å². The van der Waals surface area contributed by atoms with Crippen LogP contribution in [0.4, 0.5) is 0 Å². The van der Waals surface area contributed by atoms with Crippen molar-refractivity contribution in [3.8, 4) is 0 Å². The SMILES string of the molecule is CCCN1CCC[C@@H](NC(=O)c2cn(CCc3ccccc3)cc(C(=O)O)c2=O)C1. The molecule has 0 aliphatic carbocycles. The molecule has 0 bridgehead atoms. The van der Waals surface area contributed by atoms with E-state index in [0.29, 0.717) is 13.0 Å². The van der Waals surface area contributed by atoms with Gasteiger partial charge in [0.05, 0.1) is 0 Å². The van der Waals surface area contributed by atoms with Crippen molar-refractivity contribution in [3.63, 3.8) is 0 Å². The number of rotatable bonds is 8. The van der Waals surface area contributed by atoms with Gasteiger partial charge < -0.3 is 19.9 Å². The summed E-state index contributed by atoms with van der Waals surface area (Å²) in [5.41, 5.74) is -0.142. The average Bonchev–Trinajstić information content (AvgIpc) is 2.74. The molecule has 1 fully saturated rings. The maximum atomic E-state index is 12.9. The lowest BCUT2D eigenvalue weighted by molar-refractivity contribution is 0.0694. The Morgan fingerprint density at radius 3 is 2.57 bits per heavy atom. The Kier molecular flexibility index (Phi) is 7.41. The third kappa shape index (κ3) is 5.57. The Hall–Kier alpha value is -2.93. The van der Waals surface area contributed by atoms with Gasteiger partial charge >= 0.3 is 5.97 Å². The number of carbonyl (C=O) groups excluding carboxylic acids is 1. The van der Waals surface area contributed by atoms with Crippen LogP contribution in [0.15, 0.2) is 47.5 Å². The highest BCUT2D eigenvalue weighted by Gasteiger charge is 2.24. The van der Waals surface area contributed by atoms with Gasteiger partial charge in [-0.1, -0.05) is 37.3 Å². The number of carboxylic acids is 1. The van der Waals surface area contributed by atoms with E-state index in [4.69, 9.17) is 0 Å². The summed E-state index contributed by atoms with van der Waals surface area (Å²) in [5, 5.41) is 12.4. The molecule has 3 rings (SSSR count). The molecule has 2 N–H and O–H groups in total. The number of carboxylic acid groups (broad SMARTS) is 1. The standard InChI is InChI=1S/C23H29N3O4/c1-2-11-25-12-6-9-18(14-25)24-22(28)19-15-26(16-20(21(19)27)23(29)30)13-10-17-7-4-3-5-8-17/h3-5,7-8,15-16,18H,2,6,9-14H2,1H3,(H,24,28)(H,29,30)/t18-/m1/s1. The molecular weight excluding hydrogens is 382 g/mol. The topological polar surface area (TPSA) is 91.6 Å². The van der Waals surface area contributed by atoms with E-state index in [1.165, 1.54) is 12.4 Å². The molecular formula is C23H29N3O4. The van der Waals surface area contributed by atoms with Gasteiger partial charge in [0.1, 0.15) is 11.1 Å². The van der Waals surface area contributed by atoms with Crippen LogP contribution in [0, 0.1) is 0 Å². The van der Waals surface area contributed by atoms with E-state index in [-0.39, 0.29) is 17.2 Å². The number of pyridine rings is 1. The Bertz CT molecular complexity index is 937. The molecule has 1 amide bonds. The highest BCUT2D eigenvalue weighted by atomic mass is 16.4. The third-order valence-corrected chi connectivity index (χ3v) is 5.44. The highest BCUT2D eigenvalue weighted by molar-refractivity contribution is 5.97. The number of likely N-dealkylation sites (tertiary alicyclic amines) is 1. The normalized spacial score (nSPS) is 16.9. The maximum absolute atomic E-state index is 12.9. The Labute approximate surface area is 176 Å². The van der Waals surface area contributed by atoms with Crippen LogP contribution < -0.4 is 10.7 Å². The first-order valence-corrected chi connectivity index (χ1v) is 10.5. The molecule has 1 aliphatic rings. The predicted octanol–water partition coefficient (Wildman–Crippen LogP) is 2.39. The van der Waals surface area contributed by atoms with Crippen LogP contribution in [0.25, 0.3) is 0 Å². The maximum Gasteiger partial charge on any atom is 0.341 e. The molecule has 1 aliphatic heterocycles. The molecule has 1 atom stereocenters. The van der Waals surface area contributed by atoms with Gasteiger partial charge in [0.15, 0.2) is 0 Å². The van der Waals surface area contributed by atoms with Crippen LogP contribution in [-0.2, 0) is 13.0 Å². The molecule has 1 aromatic carbocycles. The number of nitrogens with one attached hydrogen (secondary N) is 1. The zero-order valence-electron chi connectivity index (χ0n) is 17.3. The average molecular weight is 412 g/mol. The molecule has 1 aromatic heterocycles. The van der Waals surface area contributed by atoms with Gasteiger partial charge in [0.2, 0.25) is 5.43 Å². The van der Waals surface area contributed by atoms with Crippen molar-refractivity contribution in [3.05, 3.63) is 69.6 Å². The van der Waals surface area contributed by atoms with Gasteiger partial charge in [-0.3, -0.25) is 9.59 Å². The minimum absolute atomic E-state index is 0.0385. The lowest BCUT2D eigenvalue weighted by Gasteiger charge is -2.32. The van der Waals surface area contributed by atoms with Crippen molar-refractivity contribution in [1.29, 1.82) is 0 Å². The molecule has 7 nitrogen and oxygen atoms in total. The number of aromatic nitrogens is 1. The lowest BCUT2D eigenvalue weighted by Crippen LogP contribution is -2.48. The van der Waals surface area contributed by atoms with Crippen molar-refractivity contribution >= 4 is 11.9 Å². The van der Waals surface area contributed by atoms with Crippen LogP contribution in [0.5, 0.6) is 0 Å². The smallest absolute Gasteiger partial charge is 0.341 e. The number of aryl methyl sites for hydroxylation is 2. The van der Waals surface area contributed by atoms with Crippen LogP contribution in [0.1, 0.15) is 52.5 Å². The fourth-order valence-electron chi connectivity index (χ4n) is 3.93. The molecule has 0 unspecified atom stereocenters. The van der Waals surface area contributed by atoms with Crippen LogP contribution >= 0.6 is 0 Å². The Morgan fingerprint density at radius 2 is 1.87 bits per heavy atom.